The summed E-state index contributed by atoms with van der Waals surface area (Å²) in [4.78, 5) is 11.8. The van der Waals surface area contributed by atoms with Gasteiger partial charge in [-0.1, -0.05) is 0 Å². The summed E-state index contributed by atoms with van der Waals surface area (Å²) < 4.78 is 47.5. The number of rotatable bonds is 6. The first-order valence-electron chi connectivity index (χ1n) is 8.37. The molecule has 0 saturated carbocycles. The quantitative estimate of drug-likeness (QED) is 0.649. The van der Waals surface area contributed by atoms with Crippen molar-refractivity contribution in [1.82, 2.24) is 9.78 Å². The maximum Gasteiger partial charge on any atom is 0.573 e. The number of carbonyl (C=O) groups excluding carboxylic acids is 1. The molecule has 4 N–H and O–H groups in total. The predicted octanol–water partition coefficient (Wildman–Crippen LogP) is 2.85. The molecule has 1 aromatic heterocycles. The number of anilines is 2. The highest BCUT2D eigenvalue weighted by Gasteiger charge is 2.31. The number of hydrogen-bond acceptors (Lipinski definition) is 6. The lowest BCUT2D eigenvalue weighted by atomic mass is 9.96. The van der Waals surface area contributed by atoms with Crippen LogP contribution in [0, 0.1) is 11.3 Å². The molecular formula is C17H18F3N5O3. The number of alkyl halides is 3. The highest BCUT2D eigenvalue weighted by Crippen LogP contribution is 2.29. The van der Waals surface area contributed by atoms with Crippen LogP contribution >= 0.6 is 0 Å². The normalized spacial score (nSPS) is 19.8. The van der Waals surface area contributed by atoms with E-state index in [1.54, 1.807) is 0 Å². The molecule has 3 rings (SSSR count). The largest absolute Gasteiger partial charge is 0.573 e. The molecule has 0 unspecified atom stereocenters. The number of aromatic nitrogens is 2. The van der Waals surface area contributed by atoms with Crippen molar-refractivity contribution < 1.29 is 27.4 Å². The maximum absolute atomic E-state index is 12.2. The Hall–Kier alpha value is -3.08. The maximum atomic E-state index is 12.2. The summed E-state index contributed by atoms with van der Waals surface area (Å²) in [5, 5.41) is 14.8. The summed E-state index contributed by atoms with van der Waals surface area (Å²) in [6, 6.07) is 4.72. The first-order valence-corrected chi connectivity index (χ1v) is 8.37. The minimum atomic E-state index is -4.78. The molecule has 1 amide bonds. The number of benzene rings is 1. The van der Waals surface area contributed by atoms with Gasteiger partial charge >= 0.3 is 6.36 Å². The fourth-order valence-electron chi connectivity index (χ4n) is 2.92. The number of hydrogen-bond donors (Lipinski definition) is 3. The van der Waals surface area contributed by atoms with E-state index in [4.69, 9.17) is 15.9 Å². The summed E-state index contributed by atoms with van der Waals surface area (Å²) in [7, 11) is 0. The van der Waals surface area contributed by atoms with Gasteiger partial charge < -0.3 is 25.9 Å². The lowest BCUT2D eigenvalue weighted by molar-refractivity contribution is -0.274. The second kappa shape index (κ2) is 7.89. The highest BCUT2D eigenvalue weighted by molar-refractivity contribution is 5.98. The molecule has 1 aliphatic rings. The van der Waals surface area contributed by atoms with Gasteiger partial charge in [-0.25, -0.2) is 0 Å². The molecule has 2 heterocycles. The molecule has 2 aromatic rings. The SMILES string of the molecule is N=C[C@H]1CCOC[C@@H]1n1cc(C(N)=O)c(Nc2ccc(OC(F)(F)F)cc2)n1. The molecule has 1 fully saturated rings. The Morgan fingerprint density at radius 3 is 2.71 bits per heavy atom. The molecule has 0 radical (unpaired) electrons. The van der Waals surface area contributed by atoms with Gasteiger partial charge in [0.15, 0.2) is 5.82 Å². The Morgan fingerprint density at radius 2 is 2.11 bits per heavy atom. The van der Waals surface area contributed by atoms with Crippen LogP contribution in [0.2, 0.25) is 0 Å². The van der Waals surface area contributed by atoms with Crippen LogP contribution < -0.4 is 15.8 Å². The lowest BCUT2D eigenvalue weighted by Crippen LogP contribution is -2.31. The average molecular weight is 397 g/mol. The Balaban J connectivity index is 1.82. The van der Waals surface area contributed by atoms with Crippen molar-refractivity contribution in [3.8, 4) is 5.75 Å². The summed E-state index contributed by atoms with van der Waals surface area (Å²) in [5.41, 5.74) is 5.93. The second-order valence-electron chi connectivity index (χ2n) is 6.19. The van der Waals surface area contributed by atoms with Crippen LogP contribution in [0.3, 0.4) is 0 Å². The minimum absolute atomic E-state index is 0.0963. The second-order valence-corrected chi connectivity index (χ2v) is 6.19. The van der Waals surface area contributed by atoms with Gasteiger partial charge in [-0.3, -0.25) is 9.48 Å². The summed E-state index contributed by atoms with van der Waals surface area (Å²) in [6.45, 7) is 0.876. The fraction of sp³-hybridized carbons (Fsp3) is 0.353. The number of nitrogens with one attached hydrogen (secondary N) is 2. The van der Waals surface area contributed by atoms with Crippen LogP contribution in [0.1, 0.15) is 22.8 Å². The number of carbonyl (C=O) groups is 1. The van der Waals surface area contributed by atoms with E-state index in [2.05, 4.69) is 15.2 Å². The Kier molecular flexibility index (Phi) is 5.54. The van der Waals surface area contributed by atoms with Crippen LogP contribution in [0.5, 0.6) is 5.75 Å². The molecule has 1 saturated heterocycles. The number of ether oxygens (including phenoxy) is 2. The third kappa shape index (κ3) is 4.60. The van der Waals surface area contributed by atoms with E-state index in [0.717, 1.165) is 12.1 Å². The molecule has 1 aliphatic heterocycles. The first-order chi connectivity index (χ1) is 13.3. The van der Waals surface area contributed by atoms with Crippen molar-refractivity contribution in [3.05, 3.63) is 36.0 Å². The molecule has 150 valence electrons. The molecule has 2 atom stereocenters. The zero-order valence-corrected chi connectivity index (χ0v) is 14.6. The molecule has 28 heavy (non-hydrogen) atoms. The third-order valence-electron chi connectivity index (χ3n) is 4.28. The van der Waals surface area contributed by atoms with Gasteiger partial charge in [0.1, 0.15) is 11.3 Å². The van der Waals surface area contributed by atoms with Gasteiger partial charge in [0, 0.05) is 30.6 Å². The summed E-state index contributed by atoms with van der Waals surface area (Å²) >= 11 is 0. The van der Waals surface area contributed by atoms with Crippen molar-refractivity contribution in [1.29, 1.82) is 5.41 Å². The summed E-state index contributed by atoms with van der Waals surface area (Å²) in [5.74, 6) is -1.02. The van der Waals surface area contributed by atoms with E-state index in [0.29, 0.717) is 25.3 Å². The number of amides is 1. The van der Waals surface area contributed by atoms with Crippen molar-refractivity contribution in [3.63, 3.8) is 0 Å². The molecular weight excluding hydrogens is 379 g/mol. The van der Waals surface area contributed by atoms with Gasteiger partial charge in [0.2, 0.25) is 0 Å². The topological polar surface area (TPSA) is 115 Å². The number of primary amides is 1. The number of halogens is 3. The van der Waals surface area contributed by atoms with Gasteiger partial charge in [-0.2, -0.15) is 5.10 Å². The van der Waals surface area contributed by atoms with Crippen molar-refractivity contribution in [2.45, 2.75) is 18.8 Å². The van der Waals surface area contributed by atoms with E-state index in [-0.39, 0.29) is 29.1 Å². The molecule has 0 bridgehead atoms. The molecule has 0 spiro atoms. The van der Waals surface area contributed by atoms with E-state index >= 15 is 0 Å². The minimum Gasteiger partial charge on any atom is -0.406 e. The zero-order valence-electron chi connectivity index (χ0n) is 14.6. The molecule has 8 nitrogen and oxygen atoms in total. The van der Waals surface area contributed by atoms with Crippen LogP contribution in [0.4, 0.5) is 24.7 Å². The van der Waals surface area contributed by atoms with Gasteiger partial charge in [0.25, 0.3) is 5.91 Å². The Morgan fingerprint density at radius 1 is 1.39 bits per heavy atom. The lowest BCUT2D eigenvalue weighted by Gasteiger charge is -2.28. The zero-order chi connectivity index (χ0) is 20.3. The van der Waals surface area contributed by atoms with Crippen molar-refractivity contribution in [2.75, 3.05) is 18.5 Å². The molecule has 1 aromatic carbocycles. The van der Waals surface area contributed by atoms with Crippen molar-refractivity contribution in [2.24, 2.45) is 11.7 Å². The average Bonchev–Trinajstić information content (AvgIpc) is 3.06. The van der Waals surface area contributed by atoms with Crippen LogP contribution in [-0.4, -0.2) is 41.5 Å². The van der Waals surface area contributed by atoms with Crippen molar-refractivity contribution >= 4 is 23.6 Å². The molecule has 0 aliphatic carbocycles. The highest BCUT2D eigenvalue weighted by atomic mass is 19.4. The standard InChI is InChI=1S/C17H18F3N5O3/c18-17(19,20)28-12-3-1-11(2-4-12)23-16-13(15(22)26)8-25(24-16)14-9-27-6-5-10(14)7-21/h1-4,7-8,10,14,21H,5-6,9H2,(H2,22,26)(H,23,24)/t10-,14+/m1/s1. The van der Waals surface area contributed by atoms with Crippen LogP contribution in [-0.2, 0) is 4.74 Å². The van der Waals surface area contributed by atoms with E-state index in [1.807, 2.05) is 0 Å². The van der Waals surface area contributed by atoms with Gasteiger partial charge in [-0.05, 0) is 30.7 Å². The first kappa shape index (κ1) is 19.7. The smallest absolute Gasteiger partial charge is 0.406 e. The Bertz CT molecular complexity index is 851. The number of nitrogens with zero attached hydrogens (tertiary/aromatic N) is 2. The monoisotopic (exact) mass is 397 g/mol. The van der Waals surface area contributed by atoms with E-state index in [9.17, 15) is 18.0 Å². The van der Waals surface area contributed by atoms with Gasteiger partial charge in [-0.15, -0.1) is 13.2 Å². The van der Waals surface area contributed by atoms with Crippen LogP contribution in [0.25, 0.3) is 0 Å². The van der Waals surface area contributed by atoms with E-state index < -0.39 is 12.3 Å². The van der Waals surface area contributed by atoms with Crippen LogP contribution in [0.15, 0.2) is 30.5 Å². The fourth-order valence-corrected chi connectivity index (χ4v) is 2.92. The molecule has 11 heteroatoms. The summed E-state index contributed by atoms with van der Waals surface area (Å²) in [6.07, 6.45) is -1.32. The third-order valence-corrected chi connectivity index (χ3v) is 4.28. The number of nitrogens with two attached hydrogens (primary N) is 1. The van der Waals surface area contributed by atoms with E-state index in [1.165, 1.54) is 29.2 Å². The Labute approximate surface area is 157 Å². The van der Waals surface area contributed by atoms with Gasteiger partial charge in [0.05, 0.1) is 12.6 Å². The predicted molar refractivity (Wildman–Crippen MR) is 93.9 cm³/mol.